The van der Waals surface area contributed by atoms with Crippen LogP contribution in [0.1, 0.15) is 5.56 Å². The Labute approximate surface area is 132 Å². The molecule has 0 aromatic heterocycles. The van der Waals surface area contributed by atoms with Crippen molar-refractivity contribution in [3.8, 4) is 11.8 Å². The molecule has 0 spiro atoms. The number of carbonyl (C=O) groups is 1. The summed E-state index contributed by atoms with van der Waals surface area (Å²) in [6, 6.07) is 12.2. The molecule has 0 atom stereocenters. The fourth-order valence-corrected chi connectivity index (χ4v) is 3.19. The van der Waals surface area contributed by atoms with Gasteiger partial charge in [0.2, 0.25) is 0 Å². The quantitative estimate of drug-likeness (QED) is 0.891. The summed E-state index contributed by atoms with van der Waals surface area (Å²) in [7, 11) is -3.84. The molecule has 0 saturated heterocycles. The van der Waals surface area contributed by atoms with Crippen LogP contribution in [0.3, 0.4) is 0 Å². The molecule has 116 valence electrons. The van der Waals surface area contributed by atoms with Crippen LogP contribution < -0.4 is 14.8 Å². The second kappa shape index (κ2) is 5.62. The summed E-state index contributed by atoms with van der Waals surface area (Å²) < 4.78 is 32.3. The number of fused-ring (bicyclic) bond motifs is 1. The molecule has 1 aliphatic heterocycles. The van der Waals surface area contributed by atoms with Crippen molar-refractivity contribution in [2.75, 3.05) is 16.6 Å². The molecule has 2 aromatic rings. The molecule has 3 rings (SSSR count). The van der Waals surface area contributed by atoms with Crippen molar-refractivity contribution in [1.82, 2.24) is 0 Å². The van der Waals surface area contributed by atoms with Crippen LogP contribution in [0.2, 0.25) is 0 Å². The highest BCUT2D eigenvalue weighted by Crippen LogP contribution is 2.31. The lowest BCUT2D eigenvalue weighted by Gasteiger charge is -2.18. The van der Waals surface area contributed by atoms with E-state index < -0.39 is 10.0 Å². The number of amides is 1. The van der Waals surface area contributed by atoms with E-state index in [-0.39, 0.29) is 28.7 Å². The molecule has 0 radical (unpaired) electrons. The number of nitrogens with one attached hydrogen (secondary N) is 2. The molecular formula is C15H11N3O4S. The van der Waals surface area contributed by atoms with Crippen LogP contribution in [0.25, 0.3) is 0 Å². The molecular weight excluding hydrogens is 318 g/mol. The van der Waals surface area contributed by atoms with Crippen molar-refractivity contribution >= 4 is 27.3 Å². The Hall–Kier alpha value is -3.05. The third kappa shape index (κ3) is 3.09. The smallest absolute Gasteiger partial charge is 0.262 e. The van der Waals surface area contributed by atoms with E-state index in [0.29, 0.717) is 11.4 Å². The summed E-state index contributed by atoms with van der Waals surface area (Å²) in [4.78, 5) is 11.3. The molecule has 1 amide bonds. The predicted molar refractivity (Wildman–Crippen MR) is 82.5 cm³/mol. The molecule has 0 unspecified atom stereocenters. The number of ether oxygens (including phenoxy) is 1. The van der Waals surface area contributed by atoms with Crippen molar-refractivity contribution in [3.05, 3.63) is 48.0 Å². The van der Waals surface area contributed by atoms with Gasteiger partial charge in [0, 0.05) is 0 Å². The van der Waals surface area contributed by atoms with Crippen molar-refractivity contribution < 1.29 is 17.9 Å². The van der Waals surface area contributed by atoms with Gasteiger partial charge in [0.25, 0.3) is 15.9 Å². The normalized spacial score (nSPS) is 13.3. The van der Waals surface area contributed by atoms with E-state index in [1.807, 2.05) is 6.07 Å². The van der Waals surface area contributed by atoms with Crippen molar-refractivity contribution in [2.45, 2.75) is 4.90 Å². The minimum absolute atomic E-state index is 0.0189. The van der Waals surface area contributed by atoms with Crippen molar-refractivity contribution in [2.24, 2.45) is 0 Å². The fraction of sp³-hybridized carbons (Fsp3) is 0.0667. The van der Waals surface area contributed by atoms with E-state index in [1.165, 1.54) is 36.4 Å². The second-order valence-electron chi connectivity index (χ2n) is 4.79. The maximum Gasteiger partial charge on any atom is 0.262 e. The zero-order chi connectivity index (χ0) is 16.4. The van der Waals surface area contributed by atoms with Gasteiger partial charge >= 0.3 is 0 Å². The Morgan fingerprint density at radius 3 is 2.83 bits per heavy atom. The highest BCUT2D eigenvalue weighted by atomic mass is 32.2. The molecule has 0 aliphatic carbocycles. The van der Waals surface area contributed by atoms with E-state index in [2.05, 4.69) is 10.0 Å². The van der Waals surface area contributed by atoms with Gasteiger partial charge in [-0.15, -0.1) is 0 Å². The molecule has 0 saturated carbocycles. The number of nitrogens with zero attached hydrogens (tertiary/aromatic N) is 1. The maximum absolute atomic E-state index is 12.4. The monoisotopic (exact) mass is 329 g/mol. The predicted octanol–water partition coefficient (Wildman–Crippen LogP) is 1.69. The summed E-state index contributed by atoms with van der Waals surface area (Å²) >= 11 is 0. The molecule has 2 N–H and O–H groups in total. The summed E-state index contributed by atoms with van der Waals surface area (Å²) in [5.41, 5.74) is 0.920. The highest BCUT2D eigenvalue weighted by molar-refractivity contribution is 7.92. The summed E-state index contributed by atoms with van der Waals surface area (Å²) in [5, 5.41) is 11.5. The van der Waals surface area contributed by atoms with Crippen molar-refractivity contribution in [3.63, 3.8) is 0 Å². The van der Waals surface area contributed by atoms with E-state index in [0.717, 1.165) is 0 Å². The van der Waals surface area contributed by atoms with Gasteiger partial charge in [-0.05, 0) is 36.4 Å². The first-order chi connectivity index (χ1) is 11.0. The van der Waals surface area contributed by atoms with Gasteiger partial charge < -0.3 is 10.1 Å². The van der Waals surface area contributed by atoms with Crippen LogP contribution in [-0.4, -0.2) is 20.9 Å². The molecule has 1 aliphatic rings. The Morgan fingerprint density at radius 1 is 1.22 bits per heavy atom. The highest BCUT2D eigenvalue weighted by Gasteiger charge is 2.19. The summed E-state index contributed by atoms with van der Waals surface area (Å²) in [6.45, 7) is -0.0704. The van der Waals surface area contributed by atoms with Gasteiger partial charge in [0.05, 0.1) is 27.9 Å². The molecule has 0 bridgehead atoms. The largest absolute Gasteiger partial charge is 0.482 e. The third-order valence-corrected chi connectivity index (χ3v) is 4.52. The standard InChI is InChI=1S/C15H11N3O4S/c16-8-10-2-1-3-12(6-10)23(20,21)18-11-4-5-14-13(7-11)17-15(19)9-22-14/h1-7,18H,9H2,(H,17,19). The lowest BCUT2D eigenvalue weighted by atomic mass is 10.2. The number of sulfonamides is 1. The van der Waals surface area contributed by atoms with Gasteiger partial charge in [-0.3, -0.25) is 9.52 Å². The zero-order valence-corrected chi connectivity index (χ0v) is 12.6. The van der Waals surface area contributed by atoms with Gasteiger partial charge in [-0.2, -0.15) is 5.26 Å². The van der Waals surface area contributed by atoms with Crippen LogP contribution in [0.15, 0.2) is 47.4 Å². The Balaban J connectivity index is 1.90. The molecule has 8 heteroatoms. The Bertz CT molecular complexity index is 932. The average Bonchev–Trinajstić information content (AvgIpc) is 2.54. The number of nitriles is 1. The van der Waals surface area contributed by atoms with Gasteiger partial charge in [0.15, 0.2) is 6.61 Å². The van der Waals surface area contributed by atoms with Crippen molar-refractivity contribution in [1.29, 1.82) is 5.26 Å². The van der Waals surface area contributed by atoms with Gasteiger partial charge in [-0.1, -0.05) is 6.07 Å². The van der Waals surface area contributed by atoms with Crippen LogP contribution in [-0.2, 0) is 14.8 Å². The van der Waals surface area contributed by atoms with Crippen LogP contribution >= 0.6 is 0 Å². The molecule has 2 aromatic carbocycles. The number of rotatable bonds is 3. The number of anilines is 2. The number of carbonyl (C=O) groups excluding carboxylic acids is 1. The molecule has 7 nitrogen and oxygen atoms in total. The van der Waals surface area contributed by atoms with E-state index in [1.54, 1.807) is 6.07 Å². The van der Waals surface area contributed by atoms with Gasteiger partial charge in [-0.25, -0.2) is 8.42 Å². The zero-order valence-electron chi connectivity index (χ0n) is 11.7. The number of hydrogen-bond acceptors (Lipinski definition) is 5. The number of benzene rings is 2. The molecule has 0 fully saturated rings. The maximum atomic E-state index is 12.4. The average molecular weight is 329 g/mol. The third-order valence-electron chi connectivity index (χ3n) is 3.14. The van der Waals surface area contributed by atoms with E-state index >= 15 is 0 Å². The Kier molecular flexibility index (Phi) is 3.64. The lowest BCUT2D eigenvalue weighted by Crippen LogP contribution is -2.25. The van der Waals surface area contributed by atoms with Crippen LogP contribution in [0, 0.1) is 11.3 Å². The number of hydrogen-bond donors (Lipinski definition) is 2. The van der Waals surface area contributed by atoms with Gasteiger partial charge in [0.1, 0.15) is 5.75 Å². The van der Waals surface area contributed by atoms with Crippen LogP contribution in [0.4, 0.5) is 11.4 Å². The van der Waals surface area contributed by atoms with Crippen LogP contribution in [0.5, 0.6) is 5.75 Å². The second-order valence-corrected chi connectivity index (χ2v) is 6.48. The molecule has 1 heterocycles. The Morgan fingerprint density at radius 2 is 2.04 bits per heavy atom. The summed E-state index contributed by atoms with van der Waals surface area (Å²) in [5.74, 6) is 0.165. The molecule has 23 heavy (non-hydrogen) atoms. The first kappa shape index (κ1) is 14.9. The SMILES string of the molecule is N#Cc1cccc(S(=O)(=O)Nc2ccc3c(c2)NC(=O)CO3)c1. The lowest BCUT2D eigenvalue weighted by molar-refractivity contribution is -0.118. The van der Waals surface area contributed by atoms with E-state index in [4.69, 9.17) is 10.00 Å². The first-order valence-electron chi connectivity index (χ1n) is 6.58. The first-order valence-corrected chi connectivity index (χ1v) is 8.06. The summed E-state index contributed by atoms with van der Waals surface area (Å²) in [6.07, 6.45) is 0. The minimum atomic E-state index is -3.84. The topological polar surface area (TPSA) is 108 Å². The minimum Gasteiger partial charge on any atom is -0.482 e. The van der Waals surface area contributed by atoms with E-state index in [9.17, 15) is 13.2 Å². The fourth-order valence-electron chi connectivity index (χ4n) is 2.09.